The molecule has 0 radical (unpaired) electrons. The summed E-state index contributed by atoms with van der Waals surface area (Å²) in [5.74, 6) is -0.905. The van der Waals surface area contributed by atoms with Crippen molar-refractivity contribution in [3.63, 3.8) is 0 Å². The van der Waals surface area contributed by atoms with Gasteiger partial charge in [0, 0.05) is 17.5 Å². The molecule has 0 saturated carbocycles. The van der Waals surface area contributed by atoms with Crippen LogP contribution >= 0.6 is 11.6 Å². The van der Waals surface area contributed by atoms with Crippen molar-refractivity contribution in [3.8, 4) is 0 Å². The number of anilines is 1. The second-order valence-electron chi connectivity index (χ2n) is 4.83. The predicted molar refractivity (Wildman–Crippen MR) is 83.7 cm³/mol. The number of carbonyl (C=O) groups is 1. The van der Waals surface area contributed by atoms with Crippen molar-refractivity contribution >= 4 is 33.0 Å². The summed E-state index contributed by atoms with van der Waals surface area (Å²) in [7, 11) is -3.54. The van der Waals surface area contributed by atoms with E-state index in [4.69, 9.17) is 11.6 Å². The zero-order chi connectivity index (χ0) is 16.5. The van der Waals surface area contributed by atoms with E-state index in [2.05, 4.69) is 5.32 Å². The topological polar surface area (TPSA) is 63.2 Å². The van der Waals surface area contributed by atoms with Crippen LogP contribution in [0.3, 0.4) is 0 Å². The first kappa shape index (κ1) is 16.5. The number of halogens is 2. The third-order valence-corrected chi connectivity index (χ3v) is 4.61. The van der Waals surface area contributed by atoms with Crippen molar-refractivity contribution in [1.29, 1.82) is 0 Å². The molecule has 116 valence electrons. The van der Waals surface area contributed by atoms with Crippen LogP contribution in [0.15, 0.2) is 41.3 Å². The van der Waals surface area contributed by atoms with Crippen LogP contribution in [0.2, 0.25) is 5.02 Å². The molecule has 0 unspecified atom stereocenters. The van der Waals surface area contributed by atoms with E-state index in [9.17, 15) is 17.6 Å². The highest BCUT2D eigenvalue weighted by molar-refractivity contribution is 7.90. The molecule has 0 saturated heterocycles. The van der Waals surface area contributed by atoms with Crippen molar-refractivity contribution < 1.29 is 17.6 Å². The van der Waals surface area contributed by atoms with Gasteiger partial charge in [-0.15, -0.1) is 0 Å². The summed E-state index contributed by atoms with van der Waals surface area (Å²) in [6, 6.07) is 7.95. The number of nitrogens with one attached hydrogen (secondary N) is 1. The smallest absolute Gasteiger partial charge is 0.255 e. The molecular formula is C15H13ClFNO3S. The summed E-state index contributed by atoms with van der Waals surface area (Å²) in [6.07, 6.45) is 1.01. The lowest BCUT2D eigenvalue weighted by Crippen LogP contribution is -2.13. The molecule has 4 nitrogen and oxygen atoms in total. The van der Waals surface area contributed by atoms with E-state index >= 15 is 0 Å². The molecule has 0 aliphatic heterocycles. The minimum absolute atomic E-state index is 0.0528. The Bertz CT molecular complexity index is 850. The van der Waals surface area contributed by atoms with Crippen molar-refractivity contribution in [3.05, 3.63) is 58.4 Å². The fourth-order valence-electron chi connectivity index (χ4n) is 1.89. The molecule has 22 heavy (non-hydrogen) atoms. The molecule has 2 aromatic carbocycles. The minimum atomic E-state index is -3.54. The lowest BCUT2D eigenvalue weighted by Gasteiger charge is -2.10. The van der Waals surface area contributed by atoms with Gasteiger partial charge in [-0.25, -0.2) is 12.8 Å². The normalized spacial score (nSPS) is 11.3. The molecule has 0 atom stereocenters. The van der Waals surface area contributed by atoms with Gasteiger partial charge in [-0.2, -0.15) is 0 Å². The largest absolute Gasteiger partial charge is 0.322 e. The molecule has 0 bridgehead atoms. The monoisotopic (exact) mass is 341 g/mol. The summed E-state index contributed by atoms with van der Waals surface area (Å²) in [6.45, 7) is 1.66. The van der Waals surface area contributed by atoms with Gasteiger partial charge in [-0.05, 0) is 48.9 Å². The molecule has 2 rings (SSSR count). The van der Waals surface area contributed by atoms with E-state index in [-0.39, 0.29) is 15.5 Å². The molecule has 1 N–H and O–H groups in total. The number of amides is 1. The maximum atomic E-state index is 13.0. The second kappa shape index (κ2) is 6.06. The molecule has 7 heteroatoms. The van der Waals surface area contributed by atoms with E-state index in [0.29, 0.717) is 11.3 Å². The number of carbonyl (C=O) groups excluding carboxylic acids is 1. The minimum Gasteiger partial charge on any atom is -0.322 e. The summed E-state index contributed by atoms with van der Waals surface area (Å²) < 4.78 is 36.3. The molecular weight excluding hydrogens is 329 g/mol. The molecule has 0 spiro atoms. The summed E-state index contributed by atoms with van der Waals surface area (Å²) in [5.41, 5.74) is 1.15. The Hall–Kier alpha value is -1.92. The van der Waals surface area contributed by atoms with Crippen molar-refractivity contribution in [1.82, 2.24) is 0 Å². The van der Waals surface area contributed by atoms with Gasteiger partial charge in [0.25, 0.3) is 5.91 Å². The van der Waals surface area contributed by atoms with Crippen molar-refractivity contribution in [2.24, 2.45) is 0 Å². The van der Waals surface area contributed by atoms with Gasteiger partial charge in [-0.3, -0.25) is 4.79 Å². The lowest BCUT2D eigenvalue weighted by molar-refractivity contribution is 0.102. The first-order chi connectivity index (χ1) is 10.2. The highest BCUT2D eigenvalue weighted by atomic mass is 35.5. The fraction of sp³-hybridized carbons (Fsp3) is 0.133. The Morgan fingerprint density at radius 1 is 1.18 bits per heavy atom. The quantitative estimate of drug-likeness (QED) is 0.930. The third kappa shape index (κ3) is 3.64. The average molecular weight is 342 g/mol. The fourth-order valence-corrected chi connectivity index (χ4v) is 3.19. The Morgan fingerprint density at radius 3 is 2.45 bits per heavy atom. The van der Waals surface area contributed by atoms with Crippen LogP contribution in [-0.2, 0) is 9.84 Å². The lowest BCUT2D eigenvalue weighted by atomic mass is 10.1. The van der Waals surface area contributed by atoms with Gasteiger partial charge in [0.15, 0.2) is 9.84 Å². The van der Waals surface area contributed by atoms with Gasteiger partial charge in [0.1, 0.15) is 5.82 Å². The summed E-state index contributed by atoms with van der Waals surface area (Å²) >= 11 is 5.84. The van der Waals surface area contributed by atoms with E-state index in [1.54, 1.807) is 6.92 Å². The standard InChI is InChI=1S/C15H13ClFNO3S/c1-9-7-11(17)4-6-13(9)18-15(19)10-3-5-12(16)14(8-10)22(2,20)21/h3-8H,1-2H3,(H,18,19). The first-order valence-corrected chi connectivity index (χ1v) is 8.52. The van der Waals surface area contributed by atoms with Crippen LogP contribution in [0.5, 0.6) is 0 Å². The van der Waals surface area contributed by atoms with Gasteiger partial charge in [0.2, 0.25) is 0 Å². The Kier molecular flexibility index (Phi) is 4.53. The summed E-state index contributed by atoms with van der Waals surface area (Å²) in [5, 5.41) is 2.66. The second-order valence-corrected chi connectivity index (χ2v) is 7.22. The molecule has 0 heterocycles. The van der Waals surface area contributed by atoms with E-state index < -0.39 is 21.6 Å². The van der Waals surface area contributed by atoms with Crippen LogP contribution in [0.25, 0.3) is 0 Å². The van der Waals surface area contributed by atoms with Crippen LogP contribution in [0.1, 0.15) is 15.9 Å². The first-order valence-electron chi connectivity index (χ1n) is 6.25. The maximum absolute atomic E-state index is 13.0. The zero-order valence-electron chi connectivity index (χ0n) is 11.9. The number of aryl methyl sites for hydroxylation is 1. The van der Waals surface area contributed by atoms with Gasteiger partial charge >= 0.3 is 0 Å². The van der Waals surface area contributed by atoms with Crippen LogP contribution in [0.4, 0.5) is 10.1 Å². The SMILES string of the molecule is Cc1cc(F)ccc1NC(=O)c1ccc(Cl)c(S(C)(=O)=O)c1. The molecule has 0 aromatic heterocycles. The number of rotatable bonds is 3. The van der Waals surface area contributed by atoms with Crippen molar-refractivity contribution in [2.75, 3.05) is 11.6 Å². The van der Waals surface area contributed by atoms with Crippen LogP contribution < -0.4 is 5.32 Å². The van der Waals surface area contributed by atoms with E-state index in [1.165, 1.54) is 36.4 Å². The van der Waals surface area contributed by atoms with Crippen molar-refractivity contribution in [2.45, 2.75) is 11.8 Å². The van der Waals surface area contributed by atoms with Gasteiger partial charge < -0.3 is 5.32 Å². The number of hydrogen-bond donors (Lipinski definition) is 1. The third-order valence-electron chi connectivity index (χ3n) is 3.03. The Morgan fingerprint density at radius 2 is 1.86 bits per heavy atom. The average Bonchev–Trinajstić information content (AvgIpc) is 2.41. The maximum Gasteiger partial charge on any atom is 0.255 e. The van der Waals surface area contributed by atoms with Crippen LogP contribution in [0, 0.1) is 12.7 Å². The van der Waals surface area contributed by atoms with E-state index in [1.807, 2.05) is 0 Å². The predicted octanol–water partition coefficient (Wildman–Crippen LogP) is 3.44. The van der Waals surface area contributed by atoms with Gasteiger partial charge in [-0.1, -0.05) is 11.6 Å². The molecule has 0 aliphatic carbocycles. The molecule has 0 fully saturated rings. The number of sulfone groups is 1. The highest BCUT2D eigenvalue weighted by Crippen LogP contribution is 2.23. The number of hydrogen-bond acceptors (Lipinski definition) is 3. The molecule has 2 aromatic rings. The highest BCUT2D eigenvalue weighted by Gasteiger charge is 2.16. The van der Waals surface area contributed by atoms with Crippen LogP contribution in [-0.4, -0.2) is 20.6 Å². The molecule has 0 aliphatic rings. The zero-order valence-corrected chi connectivity index (χ0v) is 13.4. The summed E-state index contributed by atoms with van der Waals surface area (Å²) in [4.78, 5) is 12.1. The number of benzene rings is 2. The Labute approximate surface area is 132 Å². The molecule has 1 amide bonds. The Balaban J connectivity index is 2.34. The van der Waals surface area contributed by atoms with Gasteiger partial charge in [0.05, 0.1) is 9.92 Å². The van der Waals surface area contributed by atoms with E-state index in [0.717, 1.165) is 6.26 Å².